The summed E-state index contributed by atoms with van der Waals surface area (Å²) in [6.07, 6.45) is 6.47. The standard InChI is InChI=1S/C11H18/c1-4-5-6-11-7-9(2)10(3)8-11/h11H,2-8H2,1H3. The smallest absolute Gasteiger partial charge is 0.0251 e. The first-order chi connectivity index (χ1) is 5.24. The van der Waals surface area contributed by atoms with Crippen LogP contribution in [-0.2, 0) is 0 Å². The second-order valence-electron chi connectivity index (χ2n) is 3.62. The van der Waals surface area contributed by atoms with Crippen LogP contribution in [0.2, 0.25) is 0 Å². The first-order valence-corrected chi connectivity index (χ1v) is 4.60. The third-order valence-corrected chi connectivity index (χ3v) is 2.54. The average molecular weight is 150 g/mol. The van der Waals surface area contributed by atoms with E-state index in [2.05, 4.69) is 20.1 Å². The molecule has 0 unspecified atom stereocenters. The molecule has 0 radical (unpaired) electrons. The minimum Gasteiger partial charge on any atom is -0.0956 e. The van der Waals surface area contributed by atoms with Crippen molar-refractivity contribution in [3.8, 4) is 0 Å². The van der Waals surface area contributed by atoms with Crippen molar-refractivity contribution in [2.75, 3.05) is 0 Å². The van der Waals surface area contributed by atoms with Gasteiger partial charge in [0, 0.05) is 0 Å². The van der Waals surface area contributed by atoms with Crippen molar-refractivity contribution in [3.63, 3.8) is 0 Å². The molecule has 1 rings (SSSR count). The summed E-state index contributed by atoms with van der Waals surface area (Å²) in [5, 5.41) is 0. The van der Waals surface area contributed by atoms with Crippen molar-refractivity contribution >= 4 is 0 Å². The van der Waals surface area contributed by atoms with Crippen LogP contribution in [0.25, 0.3) is 0 Å². The van der Waals surface area contributed by atoms with E-state index in [0.717, 1.165) is 5.92 Å². The number of unbranched alkanes of at least 4 members (excludes halogenated alkanes) is 1. The van der Waals surface area contributed by atoms with Crippen molar-refractivity contribution in [1.82, 2.24) is 0 Å². The van der Waals surface area contributed by atoms with Gasteiger partial charge in [0.25, 0.3) is 0 Å². The van der Waals surface area contributed by atoms with Gasteiger partial charge in [-0.1, -0.05) is 44.1 Å². The molecule has 11 heavy (non-hydrogen) atoms. The molecule has 0 aromatic carbocycles. The Morgan fingerprint density at radius 1 is 1.27 bits per heavy atom. The molecule has 0 amide bonds. The maximum absolute atomic E-state index is 3.99. The van der Waals surface area contributed by atoms with Gasteiger partial charge in [-0.25, -0.2) is 0 Å². The summed E-state index contributed by atoms with van der Waals surface area (Å²) in [7, 11) is 0. The molecular weight excluding hydrogens is 132 g/mol. The van der Waals surface area contributed by atoms with Gasteiger partial charge in [-0.05, 0) is 25.2 Å². The van der Waals surface area contributed by atoms with Gasteiger partial charge in [0.15, 0.2) is 0 Å². The second-order valence-corrected chi connectivity index (χ2v) is 3.62. The van der Waals surface area contributed by atoms with Crippen LogP contribution in [0.5, 0.6) is 0 Å². The molecule has 1 aliphatic rings. The fourth-order valence-corrected chi connectivity index (χ4v) is 1.75. The van der Waals surface area contributed by atoms with E-state index in [9.17, 15) is 0 Å². The van der Waals surface area contributed by atoms with Crippen LogP contribution < -0.4 is 0 Å². The van der Waals surface area contributed by atoms with Crippen molar-refractivity contribution < 1.29 is 0 Å². The topological polar surface area (TPSA) is 0 Å². The fraction of sp³-hybridized carbons (Fsp3) is 0.636. The van der Waals surface area contributed by atoms with Crippen molar-refractivity contribution in [2.24, 2.45) is 5.92 Å². The largest absolute Gasteiger partial charge is 0.0956 e. The van der Waals surface area contributed by atoms with E-state index >= 15 is 0 Å². The van der Waals surface area contributed by atoms with Crippen LogP contribution in [0.15, 0.2) is 24.3 Å². The third kappa shape index (κ3) is 2.21. The minimum absolute atomic E-state index is 0.870. The maximum atomic E-state index is 3.99. The lowest BCUT2D eigenvalue weighted by Gasteiger charge is -2.05. The SMILES string of the molecule is C=C1CC(CCCC)CC1=C. The van der Waals surface area contributed by atoms with Gasteiger partial charge in [-0.15, -0.1) is 0 Å². The van der Waals surface area contributed by atoms with Crippen LogP contribution in [-0.4, -0.2) is 0 Å². The Bertz CT molecular complexity index is 149. The highest BCUT2D eigenvalue weighted by atomic mass is 14.2. The van der Waals surface area contributed by atoms with Crippen LogP contribution in [0, 0.1) is 5.92 Å². The molecule has 0 atom stereocenters. The van der Waals surface area contributed by atoms with E-state index < -0.39 is 0 Å². The monoisotopic (exact) mass is 150 g/mol. The fourth-order valence-electron chi connectivity index (χ4n) is 1.75. The molecule has 1 aliphatic carbocycles. The van der Waals surface area contributed by atoms with E-state index in [1.54, 1.807) is 0 Å². The van der Waals surface area contributed by atoms with Gasteiger partial charge in [-0.3, -0.25) is 0 Å². The van der Waals surface area contributed by atoms with E-state index in [4.69, 9.17) is 0 Å². The predicted molar refractivity (Wildman–Crippen MR) is 50.5 cm³/mol. The lowest BCUT2D eigenvalue weighted by molar-refractivity contribution is 0.497. The van der Waals surface area contributed by atoms with Gasteiger partial charge in [-0.2, -0.15) is 0 Å². The molecule has 0 heterocycles. The maximum Gasteiger partial charge on any atom is -0.0251 e. The van der Waals surface area contributed by atoms with Crippen LogP contribution >= 0.6 is 0 Å². The van der Waals surface area contributed by atoms with Gasteiger partial charge in [0.05, 0.1) is 0 Å². The number of allylic oxidation sites excluding steroid dienone is 2. The lowest BCUT2D eigenvalue weighted by atomic mass is 10.0. The van der Waals surface area contributed by atoms with Gasteiger partial charge < -0.3 is 0 Å². The Hall–Kier alpha value is -0.520. The Morgan fingerprint density at radius 2 is 1.82 bits per heavy atom. The summed E-state index contributed by atoms with van der Waals surface area (Å²) >= 11 is 0. The summed E-state index contributed by atoms with van der Waals surface area (Å²) < 4.78 is 0. The van der Waals surface area contributed by atoms with Crippen molar-refractivity contribution in [3.05, 3.63) is 24.3 Å². The first kappa shape index (κ1) is 8.58. The molecule has 62 valence electrons. The zero-order valence-corrected chi connectivity index (χ0v) is 7.53. The summed E-state index contributed by atoms with van der Waals surface area (Å²) in [4.78, 5) is 0. The molecule has 0 heteroatoms. The molecule has 0 spiro atoms. The minimum atomic E-state index is 0.870. The first-order valence-electron chi connectivity index (χ1n) is 4.60. The lowest BCUT2D eigenvalue weighted by Crippen LogP contribution is -1.91. The number of hydrogen-bond acceptors (Lipinski definition) is 0. The highest BCUT2D eigenvalue weighted by molar-refractivity contribution is 5.30. The number of rotatable bonds is 3. The zero-order valence-electron chi connectivity index (χ0n) is 7.53. The molecule has 0 saturated heterocycles. The van der Waals surface area contributed by atoms with Gasteiger partial charge in [0.2, 0.25) is 0 Å². The summed E-state index contributed by atoms with van der Waals surface area (Å²) in [5.41, 5.74) is 2.59. The Morgan fingerprint density at radius 3 is 2.27 bits per heavy atom. The van der Waals surface area contributed by atoms with Crippen molar-refractivity contribution in [2.45, 2.75) is 39.0 Å². The molecule has 0 bridgehead atoms. The highest BCUT2D eigenvalue weighted by Crippen LogP contribution is 2.35. The van der Waals surface area contributed by atoms with E-state index in [1.807, 2.05) is 0 Å². The van der Waals surface area contributed by atoms with Crippen LogP contribution in [0.3, 0.4) is 0 Å². The Balaban J connectivity index is 2.29. The highest BCUT2D eigenvalue weighted by Gasteiger charge is 2.19. The van der Waals surface area contributed by atoms with E-state index in [1.165, 1.54) is 43.3 Å². The molecular formula is C11H18. The molecule has 0 aromatic rings. The summed E-state index contributed by atoms with van der Waals surface area (Å²) in [6.45, 7) is 10.2. The van der Waals surface area contributed by atoms with Gasteiger partial charge >= 0.3 is 0 Å². The second kappa shape index (κ2) is 3.75. The molecule has 0 N–H and O–H groups in total. The quantitative estimate of drug-likeness (QED) is 0.575. The Labute approximate surface area is 70.0 Å². The third-order valence-electron chi connectivity index (χ3n) is 2.54. The molecule has 0 nitrogen and oxygen atoms in total. The van der Waals surface area contributed by atoms with Crippen molar-refractivity contribution in [1.29, 1.82) is 0 Å². The van der Waals surface area contributed by atoms with E-state index in [0.29, 0.717) is 0 Å². The van der Waals surface area contributed by atoms with Gasteiger partial charge in [0.1, 0.15) is 0 Å². The van der Waals surface area contributed by atoms with Crippen LogP contribution in [0.4, 0.5) is 0 Å². The number of hydrogen-bond donors (Lipinski definition) is 0. The average Bonchev–Trinajstić information content (AvgIpc) is 2.28. The predicted octanol–water partition coefficient (Wildman–Crippen LogP) is 3.70. The summed E-state index contributed by atoms with van der Waals surface area (Å²) in [5.74, 6) is 0.870. The molecule has 0 aromatic heterocycles. The van der Waals surface area contributed by atoms with E-state index in [-0.39, 0.29) is 0 Å². The molecule has 1 fully saturated rings. The summed E-state index contributed by atoms with van der Waals surface area (Å²) in [6, 6.07) is 0. The molecule has 1 saturated carbocycles. The van der Waals surface area contributed by atoms with Crippen LogP contribution in [0.1, 0.15) is 39.0 Å². The normalized spacial score (nSPS) is 19.7. The Kier molecular flexibility index (Phi) is 2.92. The zero-order chi connectivity index (χ0) is 8.27. The molecule has 0 aliphatic heterocycles.